The molecule has 0 aromatic carbocycles. The van der Waals surface area contributed by atoms with Crippen molar-refractivity contribution in [2.75, 3.05) is 12.4 Å². The molecule has 1 aliphatic rings. The van der Waals surface area contributed by atoms with Crippen LogP contribution in [0.15, 0.2) is 22.8 Å². The smallest absolute Gasteiger partial charge is 0.341 e. The molecule has 2 aromatic rings. The maximum atomic E-state index is 12.3. The molecule has 144 valence electrons. The number of nitrogens with one attached hydrogen (secondary N) is 2. The van der Waals surface area contributed by atoms with Crippen molar-refractivity contribution in [2.24, 2.45) is 0 Å². The summed E-state index contributed by atoms with van der Waals surface area (Å²) in [6.45, 7) is 4.27. The molecule has 2 N–H and O–H groups in total. The molecule has 0 radical (unpaired) electrons. The monoisotopic (exact) mass is 392 g/mol. The maximum Gasteiger partial charge on any atom is 0.341 e. The minimum Gasteiger partial charge on any atom is -0.467 e. The second-order valence-corrected chi connectivity index (χ2v) is 7.75. The highest BCUT2D eigenvalue weighted by Gasteiger charge is 2.34. The van der Waals surface area contributed by atoms with E-state index in [2.05, 4.69) is 10.6 Å². The van der Waals surface area contributed by atoms with Crippen LogP contribution >= 0.6 is 11.3 Å². The van der Waals surface area contributed by atoms with Gasteiger partial charge in [0.15, 0.2) is 0 Å². The Morgan fingerprint density at radius 3 is 2.74 bits per heavy atom. The maximum absolute atomic E-state index is 12.3. The lowest BCUT2D eigenvalue weighted by molar-refractivity contribution is -0.136. The van der Waals surface area contributed by atoms with Crippen molar-refractivity contribution in [2.45, 2.75) is 39.0 Å². The molecule has 0 saturated carbocycles. The van der Waals surface area contributed by atoms with Crippen molar-refractivity contribution in [3.63, 3.8) is 0 Å². The average Bonchev–Trinajstić information content (AvgIpc) is 3.25. The number of furan rings is 1. The predicted molar refractivity (Wildman–Crippen MR) is 97.4 cm³/mol. The molecule has 2 aromatic heterocycles. The normalized spacial score (nSPS) is 14.9. The standard InChI is InChI=1S/C18H20N2O6S/c1-18(2)7-11-12(9-26-18)27-16(13(11)17(23)24-3)20-15(22)14(21)19-8-10-5-4-6-25-10/h4-6H,7-9H2,1-3H3,(H,19,21)(H,20,22). The van der Waals surface area contributed by atoms with E-state index in [1.165, 1.54) is 24.7 Å². The number of carbonyl (C=O) groups is 3. The van der Waals surface area contributed by atoms with Gasteiger partial charge in [0.25, 0.3) is 0 Å². The van der Waals surface area contributed by atoms with Crippen molar-refractivity contribution in [1.29, 1.82) is 0 Å². The third-order valence-electron chi connectivity index (χ3n) is 4.11. The van der Waals surface area contributed by atoms with Crippen molar-refractivity contribution in [1.82, 2.24) is 5.32 Å². The summed E-state index contributed by atoms with van der Waals surface area (Å²) in [5.41, 5.74) is 0.633. The second-order valence-electron chi connectivity index (χ2n) is 6.64. The number of carbonyl (C=O) groups excluding carboxylic acids is 3. The molecular formula is C18H20N2O6S. The molecule has 3 heterocycles. The topological polar surface area (TPSA) is 107 Å². The van der Waals surface area contributed by atoms with Crippen LogP contribution in [-0.2, 0) is 38.6 Å². The van der Waals surface area contributed by atoms with Gasteiger partial charge in [0, 0.05) is 11.3 Å². The van der Waals surface area contributed by atoms with Crippen molar-refractivity contribution in [3.8, 4) is 0 Å². The van der Waals surface area contributed by atoms with E-state index in [1.54, 1.807) is 12.1 Å². The number of esters is 1. The van der Waals surface area contributed by atoms with E-state index in [0.717, 1.165) is 10.4 Å². The van der Waals surface area contributed by atoms with E-state index in [0.29, 0.717) is 18.8 Å². The quantitative estimate of drug-likeness (QED) is 0.610. The molecule has 3 rings (SSSR count). The number of ether oxygens (including phenoxy) is 2. The third-order valence-corrected chi connectivity index (χ3v) is 5.23. The second kappa shape index (κ2) is 7.53. The van der Waals surface area contributed by atoms with Gasteiger partial charge in [0.1, 0.15) is 10.8 Å². The molecule has 2 amide bonds. The number of hydrogen-bond donors (Lipinski definition) is 2. The number of fused-ring (bicyclic) bond motifs is 1. The lowest BCUT2D eigenvalue weighted by atomic mass is 9.93. The van der Waals surface area contributed by atoms with Gasteiger partial charge in [-0.25, -0.2) is 4.79 Å². The Kier molecular flexibility index (Phi) is 5.33. The summed E-state index contributed by atoms with van der Waals surface area (Å²) in [5.74, 6) is -1.73. The van der Waals surface area contributed by atoms with Gasteiger partial charge < -0.3 is 24.5 Å². The van der Waals surface area contributed by atoms with Gasteiger partial charge in [-0.3, -0.25) is 9.59 Å². The fourth-order valence-electron chi connectivity index (χ4n) is 2.78. The molecule has 1 aliphatic heterocycles. The van der Waals surface area contributed by atoms with Crippen LogP contribution in [0.4, 0.5) is 5.00 Å². The lowest BCUT2D eigenvalue weighted by Crippen LogP contribution is -2.35. The van der Waals surface area contributed by atoms with Crippen molar-refractivity contribution >= 4 is 34.1 Å². The Morgan fingerprint density at radius 2 is 2.07 bits per heavy atom. The first-order valence-corrected chi connectivity index (χ1v) is 9.11. The van der Waals surface area contributed by atoms with E-state index in [1.807, 2.05) is 13.8 Å². The molecule has 0 aliphatic carbocycles. The Morgan fingerprint density at radius 1 is 1.30 bits per heavy atom. The minimum absolute atomic E-state index is 0.0894. The van der Waals surface area contributed by atoms with Gasteiger partial charge in [-0.1, -0.05) is 0 Å². The van der Waals surface area contributed by atoms with Crippen LogP contribution in [0.5, 0.6) is 0 Å². The van der Waals surface area contributed by atoms with Gasteiger partial charge >= 0.3 is 17.8 Å². The van der Waals surface area contributed by atoms with E-state index in [9.17, 15) is 14.4 Å². The molecule has 0 bridgehead atoms. The Hall–Kier alpha value is -2.65. The third kappa shape index (κ3) is 4.20. The lowest BCUT2D eigenvalue weighted by Gasteiger charge is -2.30. The molecule has 0 atom stereocenters. The van der Waals surface area contributed by atoms with Gasteiger partial charge in [-0.2, -0.15) is 0 Å². The van der Waals surface area contributed by atoms with E-state index in [4.69, 9.17) is 13.9 Å². The first-order chi connectivity index (χ1) is 12.8. The van der Waals surface area contributed by atoms with Crippen LogP contribution in [0.2, 0.25) is 0 Å². The fraction of sp³-hybridized carbons (Fsp3) is 0.389. The van der Waals surface area contributed by atoms with E-state index < -0.39 is 23.4 Å². The predicted octanol–water partition coefficient (Wildman–Crippen LogP) is 2.23. The van der Waals surface area contributed by atoms with Crippen LogP contribution in [0.25, 0.3) is 0 Å². The molecule has 8 nitrogen and oxygen atoms in total. The number of rotatable bonds is 4. The van der Waals surface area contributed by atoms with Crippen molar-refractivity contribution in [3.05, 3.63) is 40.2 Å². The Balaban J connectivity index is 1.77. The van der Waals surface area contributed by atoms with Crippen LogP contribution in [-0.4, -0.2) is 30.5 Å². The first-order valence-electron chi connectivity index (χ1n) is 8.29. The zero-order valence-electron chi connectivity index (χ0n) is 15.2. The van der Waals surface area contributed by atoms with Crippen LogP contribution in [0.1, 0.15) is 40.4 Å². The number of thiophene rings is 1. The molecule has 27 heavy (non-hydrogen) atoms. The molecule has 0 saturated heterocycles. The van der Waals surface area contributed by atoms with Crippen LogP contribution in [0.3, 0.4) is 0 Å². The highest BCUT2D eigenvalue weighted by Crippen LogP contribution is 2.40. The summed E-state index contributed by atoms with van der Waals surface area (Å²) < 4.78 is 15.7. The zero-order chi connectivity index (χ0) is 19.6. The SMILES string of the molecule is COC(=O)c1c(NC(=O)C(=O)NCc2ccco2)sc2c1CC(C)(C)OC2. The Bertz CT molecular complexity index is 869. The summed E-state index contributed by atoms with van der Waals surface area (Å²) in [6, 6.07) is 3.37. The van der Waals surface area contributed by atoms with Crippen LogP contribution in [0, 0.1) is 0 Å². The number of methoxy groups -OCH3 is 1. The number of hydrogen-bond acceptors (Lipinski definition) is 7. The van der Waals surface area contributed by atoms with Gasteiger partial charge in [0.05, 0.1) is 37.7 Å². The van der Waals surface area contributed by atoms with Crippen molar-refractivity contribution < 1.29 is 28.3 Å². The molecule has 9 heteroatoms. The molecule has 0 spiro atoms. The largest absolute Gasteiger partial charge is 0.467 e. The summed E-state index contributed by atoms with van der Waals surface area (Å²) in [5, 5.41) is 5.27. The summed E-state index contributed by atoms with van der Waals surface area (Å²) in [7, 11) is 1.28. The molecular weight excluding hydrogens is 372 g/mol. The zero-order valence-corrected chi connectivity index (χ0v) is 16.0. The van der Waals surface area contributed by atoms with E-state index in [-0.39, 0.29) is 17.1 Å². The average molecular weight is 392 g/mol. The van der Waals surface area contributed by atoms with Crippen LogP contribution < -0.4 is 10.6 Å². The molecule has 0 fully saturated rings. The summed E-state index contributed by atoms with van der Waals surface area (Å²) in [6.07, 6.45) is 1.98. The first kappa shape index (κ1) is 19.1. The van der Waals surface area contributed by atoms with E-state index >= 15 is 0 Å². The summed E-state index contributed by atoms with van der Waals surface area (Å²) >= 11 is 1.21. The number of anilines is 1. The molecule has 0 unspecified atom stereocenters. The minimum atomic E-state index is -0.870. The highest BCUT2D eigenvalue weighted by molar-refractivity contribution is 7.17. The Labute approximate surface area is 159 Å². The van der Waals surface area contributed by atoms with Gasteiger partial charge in [-0.05, 0) is 31.5 Å². The van der Waals surface area contributed by atoms with Gasteiger partial charge in [0.2, 0.25) is 0 Å². The fourth-order valence-corrected chi connectivity index (χ4v) is 3.89. The summed E-state index contributed by atoms with van der Waals surface area (Å²) in [4.78, 5) is 37.4. The number of amides is 2. The highest BCUT2D eigenvalue weighted by atomic mass is 32.1. The van der Waals surface area contributed by atoms with Gasteiger partial charge in [-0.15, -0.1) is 11.3 Å².